The Morgan fingerprint density at radius 3 is 2.45 bits per heavy atom. The van der Waals surface area contributed by atoms with Crippen molar-refractivity contribution in [1.82, 2.24) is 0 Å². The van der Waals surface area contributed by atoms with E-state index in [1.54, 1.807) is 6.08 Å². The second-order valence-electron chi connectivity index (χ2n) is 6.67. The molecule has 0 saturated heterocycles. The minimum absolute atomic E-state index is 0.168. The summed E-state index contributed by atoms with van der Waals surface area (Å²) in [6.45, 7) is 6.86. The maximum Gasteiger partial charge on any atom is 0.181 e. The highest BCUT2D eigenvalue weighted by molar-refractivity contribution is 6.06. The topological polar surface area (TPSA) is 17.1 Å². The lowest BCUT2D eigenvalue weighted by atomic mass is 9.72. The van der Waals surface area contributed by atoms with Gasteiger partial charge in [0.25, 0.3) is 0 Å². The van der Waals surface area contributed by atoms with Gasteiger partial charge in [0.2, 0.25) is 0 Å². The van der Waals surface area contributed by atoms with E-state index in [4.69, 9.17) is 0 Å². The molecule has 20 heavy (non-hydrogen) atoms. The van der Waals surface area contributed by atoms with Crippen molar-refractivity contribution in [2.24, 2.45) is 11.3 Å². The van der Waals surface area contributed by atoms with Crippen LogP contribution in [0.5, 0.6) is 0 Å². The second kappa shape index (κ2) is 6.21. The van der Waals surface area contributed by atoms with E-state index < -0.39 is 0 Å². The van der Waals surface area contributed by atoms with Gasteiger partial charge in [0.1, 0.15) is 0 Å². The van der Waals surface area contributed by atoms with Crippen molar-refractivity contribution < 1.29 is 4.79 Å². The molecule has 1 aromatic rings. The third-order valence-corrected chi connectivity index (χ3v) is 4.18. The van der Waals surface area contributed by atoms with E-state index in [1.165, 1.54) is 0 Å². The van der Waals surface area contributed by atoms with E-state index in [2.05, 4.69) is 26.8 Å². The molecular formula is C19H24O. The zero-order valence-corrected chi connectivity index (χ0v) is 12.7. The molecule has 106 valence electrons. The maximum absolute atomic E-state index is 12.2. The van der Waals surface area contributed by atoms with Gasteiger partial charge in [-0.15, -0.1) is 0 Å². The van der Waals surface area contributed by atoms with E-state index in [0.29, 0.717) is 11.3 Å². The maximum atomic E-state index is 12.2. The lowest BCUT2D eigenvalue weighted by Gasteiger charge is -2.32. The van der Waals surface area contributed by atoms with Crippen LogP contribution in [0.1, 0.15) is 45.6 Å². The zero-order valence-electron chi connectivity index (χ0n) is 12.7. The number of ketones is 1. The Labute approximate surface area is 122 Å². The van der Waals surface area contributed by atoms with E-state index >= 15 is 0 Å². The van der Waals surface area contributed by atoms with E-state index in [-0.39, 0.29) is 5.78 Å². The van der Waals surface area contributed by atoms with Gasteiger partial charge in [-0.05, 0) is 47.8 Å². The summed E-state index contributed by atoms with van der Waals surface area (Å²) in [5, 5.41) is 0. The first-order valence-electron chi connectivity index (χ1n) is 7.43. The van der Waals surface area contributed by atoms with E-state index in [0.717, 1.165) is 30.4 Å². The first kappa shape index (κ1) is 14.8. The van der Waals surface area contributed by atoms with Crippen molar-refractivity contribution in [3.8, 4) is 0 Å². The van der Waals surface area contributed by atoms with Crippen molar-refractivity contribution in [1.29, 1.82) is 0 Å². The summed E-state index contributed by atoms with van der Waals surface area (Å²) in [5.74, 6) is 0.860. The first-order chi connectivity index (χ1) is 9.47. The highest BCUT2D eigenvalue weighted by atomic mass is 16.1. The summed E-state index contributed by atoms with van der Waals surface area (Å²) in [5.41, 5.74) is 2.40. The van der Waals surface area contributed by atoms with Crippen LogP contribution in [0, 0.1) is 11.3 Å². The minimum Gasteiger partial charge on any atom is -0.290 e. The molecule has 0 heterocycles. The number of benzene rings is 1. The van der Waals surface area contributed by atoms with E-state index in [1.807, 2.05) is 36.4 Å². The lowest BCUT2D eigenvalue weighted by Crippen LogP contribution is -2.23. The fourth-order valence-corrected chi connectivity index (χ4v) is 2.69. The van der Waals surface area contributed by atoms with Crippen LogP contribution < -0.4 is 0 Å². The molecule has 0 N–H and O–H groups in total. The van der Waals surface area contributed by atoms with Crippen LogP contribution in [0.15, 0.2) is 48.1 Å². The third-order valence-electron chi connectivity index (χ3n) is 4.18. The van der Waals surface area contributed by atoms with Crippen LogP contribution in [-0.4, -0.2) is 5.78 Å². The average molecular weight is 268 g/mol. The molecule has 1 heteroatoms. The summed E-state index contributed by atoms with van der Waals surface area (Å²) < 4.78 is 0. The number of carbonyl (C=O) groups is 1. The molecule has 1 aromatic carbocycles. The molecule has 1 atom stereocenters. The molecule has 0 aromatic heterocycles. The standard InChI is InChI=1S/C19H24O/c1-19(2,3)17-12-10-16(11-13-17)18(20)14-9-15-7-5-4-6-8-15/h4-10,14,17H,11-13H2,1-3H3/b14-9+. The molecule has 0 spiro atoms. The summed E-state index contributed by atoms with van der Waals surface area (Å²) in [4.78, 5) is 12.2. The van der Waals surface area contributed by atoms with Crippen LogP contribution in [0.4, 0.5) is 0 Å². The molecule has 1 unspecified atom stereocenters. The smallest absolute Gasteiger partial charge is 0.181 e. The summed E-state index contributed by atoms with van der Waals surface area (Å²) in [6.07, 6.45) is 8.83. The normalized spacial score (nSPS) is 19.9. The van der Waals surface area contributed by atoms with E-state index in [9.17, 15) is 4.79 Å². The van der Waals surface area contributed by atoms with Gasteiger partial charge in [0, 0.05) is 0 Å². The molecule has 0 saturated carbocycles. The third kappa shape index (κ3) is 3.93. The molecular weight excluding hydrogens is 244 g/mol. The summed E-state index contributed by atoms with van der Waals surface area (Å²) in [6, 6.07) is 9.97. The Morgan fingerprint density at radius 2 is 1.90 bits per heavy atom. The molecule has 2 rings (SSSR count). The van der Waals surface area contributed by atoms with Crippen LogP contribution in [0.3, 0.4) is 0 Å². The van der Waals surface area contributed by atoms with Crippen LogP contribution >= 0.6 is 0 Å². The van der Waals surface area contributed by atoms with Crippen molar-refractivity contribution >= 4 is 11.9 Å². The predicted octanol–water partition coefficient (Wildman–Crippen LogP) is 5.04. The Morgan fingerprint density at radius 1 is 1.20 bits per heavy atom. The van der Waals surface area contributed by atoms with Gasteiger partial charge in [-0.25, -0.2) is 0 Å². The van der Waals surface area contributed by atoms with Crippen molar-refractivity contribution in [3.05, 3.63) is 53.6 Å². The molecule has 0 aliphatic heterocycles. The number of hydrogen-bond acceptors (Lipinski definition) is 1. The summed E-state index contributed by atoms with van der Waals surface area (Å²) >= 11 is 0. The molecule has 0 fully saturated rings. The second-order valence-corrected chi connectivity index (χ2v) is 6.67. The van der Waals surface area contributed by atoms with Crippen molar-refractivity contribution in [2.75, 3.05) is 0 Å². The van der Waals surface area contributed by atoms with Gasteiger partial charge in [0.05, 0.1) is 0 Å². The number of hydrogen-bond donors (Lipinski definition) is 0. The molecule has 1 aliphatic rings. The Hall–Kier alpha value is -1.63. The summed E-state index contributed by atoms with van der Waals surface area (Å²) in [7, 11) is 0. The van der Waals surface area contributed by atoms with Crippen molar-refractivity contribution in [2.45, 2.75) is 40.0 Å². The van der Waals surface area contributed by atoms with Gasteiger partial charge in [-0.2, -0.15) is 0 Å². The minimum atomic E-state index is 0.168. The van der Waals surface area contributed by atoms with Gasteiger partial charge in [-0.1, -0.05) is 63.3 Å². The Kier molecular flexibility index (Phi) is 4.59. The molecule has 0 radical (unpaired) electrons. The van der Waals surface area contributed by atoms with Crippen LogP contribution in [0.2, 0.25) is 0 Å². The van der Waals surface area contributed by atoms with Crippen molar-refractivity contribution in [3.63, 3.8) is 0 Å². The molecule has 1 aliphatic carbocycles. The SMILES string of the molecule is CC(C)(C)C1CC=C(C(=O)/C=C/c2ccccc2)CC1. The highest BCUT2D eigenvalue weighted by Crippen LogP contribution is 2.37. The predicted molar refractivity (Wildman–Crippen MR) is 85.4 cm³/mol. The Balaban J connectivity index is 1.98. The lowest BCUT2D eigenvalue weighted by molar-refractivity contribution is -0.111. The molecule has 0 bridgehead atoms. The van der Waals surface area contributed by atoms with Crippen LogP contribution in [0.25, 0.3) is 6.08 Å². The number of allylic oxidation sites excluding steroid dienone is 3. The van der Waals surface area contributed by atoms with Gasteiger partial charge >= 0.3 is 0 Å². The van der Waals surface area contributed by atoms with Gasteiger partial charge in [-0.3, -0.25) is 4.79 Å². The number of rotatable bonds is 3. The fourth-order valence-electron chi connectivity index (χ4n) is 2.69. The Bertz CT molecular complexity index is 514. The molecule has 0 amide bonds. The average Bonchev–Trinajstić information content (AvgIpc) is 2.45. The van der Waals surface area contributed by atoms with Gasteiger partial charge in [0.15, 0.2) is 5.78 Å². The number of carbonyl (C=O) groups excluding carboxylic acids is 1. The largest absolute Gasteiger partial charge is 0.290 e. The first-order valence-corrected chi connectivity index (χ1v) is 7.43. The van der Waals surface area contributed by atoms with Gasteiger partial charge < -0.3 is 0 Å². The quantitative estimate of drug-likeness (QED) is 0.702. The monoisotopic (exact) mass is 268 g/mol. The highest BCUT2D eigenvalue weighted by Gasteiger charge is 2.27. The zero-order chi connectivity index (χ0) is 14.6. The van der Waals surface area contributed by atoms with Crippen LogP contribution in [-0.2, 0) is 4.79 Å². The fraction of sp³-hybridized carbons (Fsp3) is 0.421. The molecule has 1 nitrogen and oxygen atoms in total.